The Morgan fingerprint density at radius 2 is 2.00 bits per heavy atom. The molecule has 1 unspecified atom stereocenters. The van der Waals surface area contributed by atoms with Crippen molar-refractivity contribution in [2.24, 2.45) is 11.8 Å². The van der Waals surface area contributed by atoms with Gasteiger partial charge < -0.3 is 10.6 Å². The number of carbonyl (C=O) groups is 1. The van der Waals surface area contributed by atoms with Gasteiger partial charge in [-0.05, 0) is 31.1 Å². The summed E-state index contributed by atoms with van der Waals surface area (Å²) >= 11 is 6.08. The Morgan fingerprint density at radius 1 is 1.35 bits per heavy atom. The minimum atomic E-state index is -0.0689. The zero-order valence-corrected chi connectivity index (χ0v) is 11.8. The van der Waals surface area contributed by atoms with Crippen molar-refractivity contribution in [1.29, 1.82) is 0 Å². The summed E-state index contributed by atoms with van der Waals surface area (Å²) in [7, 11) is 0. The second kappa shape index (κ2) is 5.34. The van der Waals surface area contributed by atoms with Gasteiger partial charge in [-0.2, -0.15) is 0 Å². The third-order valence-electron chi connectivity index (χ3n) is 3.70. The molecular formula is C14H15ClN4O. The van der Waals surface area contributed by atoms with Crippen LogP contribution in [0.5, 0.6) is 0 Å². The lowest BCUT2D eigenvalue weighted by molar-refractivity contribution is -0.121. The Kier molecular flexibility index (Phi) is 3.54. The summed E-state index contributed by atoms with van der Waals surface area (Å²) in [6.07, 6.45) is 0. The average Bonchev–Trinajstić information content (AvgIpc) is 2.37. The van der Waals surface area contributed by atoms with Crippen LogP contribution in [0.3, 0.4) is 0 Å². The quantitative estimate of drug-likeness (QED) is 0.908. The van der Waals surface area contributed by atoms with Crippen LogP contribution in [0.25, 0.3) is 11.0 Å². The lowest BCUT2D eigenvalue weighted by Crippen LogP contribution is -2.48. The first-order valence-electron chi connectivity index (χ1n) is 6.59. The number of nitrogens with zero attached hydrogens (tertiary/aromatic N) is 2. The maximum Gasteiger partial charge on any atom is 0.228 e. The highest BCUT2D eigenvalue weighted by Gasteiger charge is 2.29. The Morgan fingerprint density at radius 3 is 2.60 bits per heavy atom. The van der Waals surface area contributed by atoms with Crippen LogP contribution in [0.4, 0.5) is 5.82 Å². The molecule has 2 heterocycles. The van der Waals surface area contributed by atoms with E-state index in [9.17, 15) is 4.79 Å². The van der Waals surface area contributed by atoms with Crippen LogP contribution in [0.15, 0.2) is 24.3 Å². The molecule has 0 spiro atoms. The van der Waals surface area contributed by atoms with E-state index in [1.807, 2.05) is 31.2 Å². The normalized spacial score (nSPS) is 16.7. The number of hydrogen-bond acceptors (Lipinski definition) is 4. The van der Waals surface area contributed by atoms with Crippen molar-refractivity contribution in [3.05, 3.63) is 29.4 Å². The number of para-hydroxylation sites is 2. The molecule has 0 radical (unpaired) electrons. The van der Waals surface area contributed by atoms with Crippen LogP contribution < -0.4 is 10.6 Å². The molecule has 1 saturated heterocycles. The maximum absolute atomic E-state index is 12.2. The molecule has 0 aliphatic carbocycles. The molecular weight excluding hydrogens is 276 g/mol. The molecule has 3 rings (SSSR count). The fourth-order valence-electron chi connectivity index (χ4n) is 2.17. The summed E-state index contributed by atoms with van der Waals surface area (Å²) in [5, 5.41) is 6.16. The van der Waals surface area contributed by atoms with Gasteiger partial charge in [0.25, 0.3) is 0 Å². The Hall–Kier alpha value is -1.72. The third kappa shape index (κ3) is 2.46. The summed E-state index contributed by atoms with van der Waals surface area (Å²) in [6, 6.07) is 7.42. The van der Waals surface area contributed by atoms with Crippen LogP contribution in [-0.4, -0.2) is 29.0 Å². The monoisotopic (exact) mass is 290 g/mol. The first-order chi connectivity index (χ1) is 9.65. The van der Waals surface area contributed by atoms with Crippen molar-refractivity contribution in [2.45, 2.75) is 6.92 Å². The van der Waals surface area contributed by atoms with Gasteiger partial charge in [0.05, 0.1) is 11.0 Å². The first kappa shape index (κ1) is 13.3. The topological polar surface area (TPSA) is 66.9 Å². The molecule has 0 bridgehead atoms. The van der Waals surface area contributed by atoms with E-state index in [-0.39, 0.29) is 17.0 Å². The standard InChI is InChI=1S/C14H15ClN4O/c1-8(9-6-16-7-9)14(20)19-13-12(15)17-10-4-2-3-5-11(10)18-13/h2-5,8-9,16H,6-7H2,1H3,(H,18,19,20). The van der Waals surface area contributed by atoms with E-state index < -0.39 is 0 Å². The molecule has 6 heteroatoms. The van der Waals surface area contributed by atoms with Gasteiger partial charge in [0.15, 0.2) is 11.0 Å². The second-order valence-corrected chi connectivity index (χ2v) is 5.41. The number of rotatable bonds is 3. The van der Waals surface area contributed by atoms with Gasteiger partial charge in [-0.1, -0.05) is 30.7 Å². The summed E-state index contributed by atoms with van der Waals surface area (Å²) in [6.45, 7) is 3.68. The zero-order valence-electron chi connectivity index (χ0n) is 11.1. The van der Waals surface area contributed by atoms with Crippen molar-refractivity contribution in [1.82, 2.24) is 15.3 Å². The van der Waals surface area contributed by atoms with Gasteiger partial charge in [0, 0.05) is 5.92 Å². The molecule has 0 saturated carbocycles. The number of halogens is 1. The molecule has 1 amide bonds. The van der Waals surface area contributed by atoms with Gasteiger partial charge in [-0.25, -0.2) is 9.97 Å². The minimum absolute atomic E-state index is 0.0667. The molecule has 104 valence electrons. The molecule has 1 aliphatic heterocycles. The molecule has 20 heavy (non-hydrogen) atoms. The van der Waals surface area contributed by atoms with Crippen molar-refractivity contribution < 1.29 is 4.79 Å². The molecule has 1 aromatic heterocycles. The number of fused-ring (bicyclic) bond motifs is 1. The molecule has 1 aliphatic rings. The lowest BCUT2D eigenvalue weighted by Gasteiger charge is -2.31. The SMILES string of the molecule is CC(C(=O)Nc1nc2ccccc2nc1Cl)C1CNC1. The first-order valence-corrected chi connectivity index (χ1v) is 6.97. The highest BCUT2D eigenvalue weighted by Crippen LogP contribution is 2.23. The number of carbonyl (C=O) groups excluding carboxylic acids is 1. The summed E-state index contributed by atoms with van der Waals surface area (Å²) < 4.78 is 0. The van der Waals surface area contributed by atoms with Crippen LogP contribution in [0.1, 0.15) is 6.92 Å². The third-order valence-corrected chi connectivity index (χ3v) is 3.97. The molecule has 1 atom stereocenters. The summed E-state index contributed by atoms with van der Waals surface area (Å²) in [5.74, 6) is 0.570. The van der Waals surface area contributed by atoms with E-state index in [0.29, 0.717) is 22.8 Å². The Labute approximate surface area is 121 Å². The van der Waals surface area contributed by atoms with Gasteiger partial charge in [0.1, 0.15) is 0 Å². The number of anilines is 1. The van der Waals surface area contributed by atoms with E-state index in [4.69, 9.17) is 11.6 Å². The fourth-order valence-corrected chi connectivity index (χ4v) is 2.35. The van der Waals surface area contributed by atoms with E-state index in [2.05, 4.69) is 20.6 Å². The Balaban J connectivity index is 1.82. The van der Waals surface area contributed by atoms with Gasteiger partial charge in [0.2, 0.25) is 5.91 Å². The van der Waals surface area contributed by atoms with Crippen molar-refractivity contribution in [3.8, 4) is 0 Å². The maximum atomic E-state index is 12.2. The van der Waals surface area contributed by atoms with Crippen molar-refractivity contribution in [2.75, 3.05) is 18.4 Å². The lowest BCUT2D eigenvalue weighted by atomic mass is 9.88. The number of amides is 1. The predicted octanol–water partition coefficient (Wildman–Crippen LogP) is 2.08. The van der Waals surface area contributed by atoms with Crippen LogP contribution in [0, 0.1) is 11.8 Å². The number of nitrogens with one attached hydrogen (secondary N) is 2. The highest BCUT2D eigenvalue weighted by atomic mass is 35.5. The molecule has 1 fully saturated rings. The van der Waals surface area contributed by atoms with E-state index in [1.54, 1.807) is 0 Å². The molecule has 2 N–H and O–H groups in total. The van der Waals surface area contributed by atoms with Crippen molar-refractivity contribution in [3.63, 3.8) is 0 Å². The molecule has 1 aromatic carbocycles. The van der Waals surface area contributed by atoms with Gasteiger partial charge in [-0.3, -0.25) is 4.79 Å². The summed E-state index contributed by atoms with van der Waals surface area (Å²) in [4.78, 5) is 20.8. The summed E-state index contributed by atoms with van der Waals surface area (Å²) in [5.41, 5.74) is 1.43. The van der Waals surface area contributed by atoms with Crippen molar-refractivity contribution >= 4 is 34.4 Å². The predicted molar refractivity (Wildman–Crippen MR) is 78.7 cm³/mol. The molecule has 5 nitrogen and oxygen atoms in total. The van der Waals surface area contributed by atoms with E-state index >= 15 is 0 Å². The van der Waals surface area contributed by atoms with Crippen LogP contribution in [0.2, 0.25) is 5.15 Å². The van der Waals surface area contributed by atoms with Gasteiger partial charge in [-0.15, -0.1) is 0 Å². The molecule has 2 aromatic rings. The minimum Gasteiger partial charge on any atom is -0.316 e. The number of aromatic nitrogens is 2. The van der Waals surface area contributed by atoms with Gasteiger partial charge >= 0.3 is 0 Å². The number of hydrogen-bond donors (Lipinski definition) is 2. The smallest absolute Gasteiger partial charge is 0.228 e. The number of benzene rings is 1. The van der Waals surface area contributed by atoms with E-state index in [1.165, 1.54) is 0 Å². The van der Waals surface area contributed by atoms with E-state index in [0.717, 1.165) is 13.1 Å². The van der Waals surface area contributed by atoms with Crippen LogP contribution in [-0.2, 0) is 4.79 Å². The second-order valence-electron chi connectivity index (χ2n) is 5.05. The highest BCUT2D eigenvalue weighted by molar-refractivity contribution is 6.32. The Bertz CT molecular complexity index is 657. The van der Waals surface area contributed by atoms with Crippen LogP contribution >= 0.6 is 11.6 Å². The fraction of sp³-hybridized carbons (Fsp3) is 0.357. The largest absolute Gasteiger partial charge is 0.316 e. The average molecular weight is 291 g/mol. The zero-order chi connectivity index (χ0) is 14.1.